The third-order valence-corrected chi connectivity index (χ3v) is 4.03. The van der Waals surface area contributed by atoms with Crippen LogP contribution < -0.4 is 5.73 Å². The normalized spacial score (nSPS) is 16.1. The van der Waals surface area contributed by atoms with Crippen LogP contribution in [0.3, 0.4) is 0 Å². The highest BCUT2D eigenvalue weighted by Crippen LogP contribution is 2.31. The van der Waals surface area contributed by atoms with Crippen molar-refractivity contribution in [3.63, 3.8) is 0 Å². The van der Waals surface area contributed by atoms with E-state index in [0.29, 0.717) is 5.25 Å². The Bertz CT molecular complexity index is 325. The Morgan fingerprint density at radius 3 is 2.75 bits per heavy atom. The van der Waals surface area contributed by atoms with Crippen molar-refractivity contribution in [1.29, 1.82) is 0 Å². The van der Waals surface area contributed by atoms with Gasteiger partial charge in [-0.25, -0.2) is 0 Å². The Balaban J connectivity index is 1.92. The van der Waals surface area contributed by atoms with Gasteiger partial charge in [0.05, 0.1) is 18.5 Å². The number of aryl methyl sites for hydroxylation is 1. The molecule has 1 saturated heterocycles. The summed E-state index contributed by atoms with van der Waals surface area (Å²) >= 11 is 1.96. The number of ether oxygens (including phenoxy) is 1. The van der Waals surface area contributed by atoms with E-state index in [4.69, 9.17) is 10.5 Å². The predicted molar refractivity (Wildman–Crippen MR) is 68.9 cm³/mol. The number of thioether (sulfide) groups is 1. The number of hydrogen-bond acceptors (Lipinski definition) is 3. The summed E-state index contributed by atoms with van der Waals surface area (Å²) in [6, 6.07) is 8.70. The van der Waals surface area contributed by atoms with Gasteiger partial charge in [0.2, 0.25) is 0 Å². The van der Waals surface area contributed by atoms with Crippen LogP contribution in [0.1, 0.15) is 18.4 Å². The molecule has 88 valence electrons. The zero-order valence-corrected chi connectivity index (χ0v) is 10.3. The molecule has 1 heterocycles. The molecule has 1 aromatic rings. The van der Waals surface area contributed by atoms with Gasteiger partial charge in [-0.1, -0.05) is 18.2 Å². The molecule has 1 fully saturated rings. The number of hydrogen-bond donors (Lipinski definition) is 1. The van der Waals surface area contributed by atoms with Crippen molar-refractivity contribution in [3.8, 4) is 0 Å². The summed E-state index contributed by atoms with van der Waals surface area (Å²) in [7, 11) is 0. The van der Waals surface area contributed by atoms with Gasteiger partial charge in [0.25, 0.3) is 0 Å². The first-order valence-electron chi connectivity index (χ1n) is 5.92. The number of benzene rings is 1. The molecule has 1 aromatic carbocycles. The number of unbranched alkanes of at least 4 members (excludes halogenated alkanes) is 1. The highest BCUT2D eigenvalue weighted by atomic mass is 32.2. The van der Waals surface area contributed by atoms with Crippen molar-refractivity contribution < 1.29 is 4.74 Å². The van der Waals surface area contributed by atoms with Crippen molar-refractivity contribution >= 4 is 11.8 Å². The standard InChI is InChI=1S/C13H19NOS/c14-8-4-3-6-11-5-1-2-7-13(11)16-12-9-15-10-12/h1-2,5,7,12H,3-4,6,8-10,14H2. The lowest BCUT2D eigenvalue weighted by atomic mass is 10.1. The van der Waals surface area contributed by atoms with Crippen LogP contribution in [0.25, 0.3) is 0 Å². The molecule has 0 aromatic heterocycles. The Morgan fingerprint density at radius 1 is 1.25 bits per heavy atom. The molecule has 0 spiro atoms. The first-order chi connectivity index (χ1) is 7.90. The second-order valence-electron chi connectivity index (χ2n) is 4.13. The number of rotatable bonds is 6. The zero-order valence-electron chi connectivity index (χ0n) is 9.52. The van der Waals surface area contributed by atoms with Crippen LogP contribution >= 0.6 is 11.8 Å². The summed E-state index contributed by atoms with van der Waals surface area (Å²) in [4.78, 5) is 1.42. The fraction of sp³-hybridized carbons (Fsp3) is 0.538. The van der Waals surface area contributed by atoms with Crippen molar-refractivity contribution in [2.45, 2.75) is 29.4 Å². The monoisotopic (exact) mass is 237 g/mol. The van der Waals surface area contributed by atoms with E-state index in [1.807, 2.05) is 11.8 Å². The van der Waals surface area contributed by atoms with E-state index < -0.39 is 0 Å². The molecule has 0 bridgehead atoms. The van der Waals surface area contributed by atoms with Crippen LogP contribution in [0.2, 0.25) is 0 Å². The summed E-state index contributed by atoms with van der Waals surface area (Å²) in [5.41, 5.74) is 6.99. The maximum absolute atomic E-state index is 5.52. The molecule has 0 atom stereocenters. The third-order valence-electron chi connectivity index (χ3n) is 2.77. The number of nitrogens with two attached hydrogens (primary N) is 1. The minimum Gasteiger partial charge on any atom is -0.379 e. The van der Waals surface area contributed by atoms with E-state index in [0.717, 1.165) is 32.6 Å². The second kappa shape index (κ2) is 6.28. The zero-order chi connectivity index (χ0) is 11.2. The summed E-state index contributed by atoms with van der Waals surface area (Å²) in [5.74, 6) is 0. The van der Waals surface area contributed by atoms with E-state index in [1.54, 1.807) is 0 Å². The molecular weight excluding hydrogens is 218 g/mol. The molecule has 16 heavy (non-hydrogen) atoms. The lowest BCUT2D eigenvalue weighted by molar-refractivity contribution is 0.0455. The summed E-state index contributed by atoms with van der Waals surface area (Å²) in [6.45, 7) is 2.61. The quantitative estimate of drug-likeness (QED) is 0.772. The summed E-state index contributed by atoms with van der Waals surface area (Å²) in [5, 5.41) is 0.663. The average Bonchev–Trinajstić information content (AvgIpc) is 2.25. The van der Waals surface area contributed by atoms with Gasteiger partial charge in [-0.15, -0.1) is 11.8 Å². The molecule has 3 heteroatoms. The van der Waals surface area contributed by atoms with Crippen molar-refractivity contribution in [1.82, 2.24) is 0 Å². The van der Waals surface area contributed by atoms with Crippen molar-refractivity contribution in [3.05, 3.63) is 29.8 Å². The van der Waals surface area contributed by atoms with Gasteiger partial charge in [0.1, 0.15) is 0 Å². The second-order valence-corrected chi connectivity index (χ2v) is 5.47. The first kappa shape index (κ1) is 12.0. The smallest absolute Gasteiger partial charge is 0.0611 e. The van der Waals surface area contributed by atoms with Gasteiger partial charge >= 0.3 is 0 Å². The van der Waals surface area contributed by atoms with Gasteiger partial charge in [-0.3, -0.25) is 0 Å². The molecule has 0 radical (unpaired) electrons. The molecular formula is C13H19NOS. The van der Waals surface area contributed by atoms with E-state index in [1.165, 1.54) is 16.9 Å². The Kier molecular flexibility index (Phi) is 4.69. The minimum absolute atomic E-state index is 0.663. The molecule has 2 rings (SSSR count). The summed E-state index contributed by atoms with van der Waals surface area (Å²) < 4.78 is 5.21. The SMILES string of the molecule is NCCCCc1ccccc1SC1COC1. The summed E-state index contributed by atoms with van der Waals surface area (Å²) in [6.07, 6.45) is 3.45. The molecule has 2 nitrogen and oxygen atoms in total. The van der Waals surface area contributed by atoms with Crippen molar-refractivity contribution in [2.24, 2.45) is 5.73 Å². The van der Waals surface area contributed by atoms with Crippen molar-refractivity contribution in [2.75, 3.05) is 19.8 Å². The molecule has 2 N–H and O–H groups in total. The van der Waals surface area contributed by atoms with E-state index in [9.17, 15) is 0 Å². The lowest BCUT2D eigenvalue weighted by Crippen LogP contribution is -2.30. The highest BCUT2D eigenvalue weighted by Gasteiger charge is 2.20. The Morgan fingerprint density at radius 2 is 2.06 bits per heavy atom. The van der Waals surface area contributed by atoms with Gasteiger partial charge in [0.15, 0.2) is 0 Å². The molecule has 0 saturated carbocycles. The molecule has 0 aliphatic carbocycles. The van der Waals surface area contributed by atoms with E-state index in [2.05, 4.69) is 24.3 Å². The van der Waals surface area contributed by atoms with Gasteiger partial charge in [0, 0.05) is 4.90 Å². The van der Waals surface area contributed by atoms with Crippen LogP contribution in [0.15, 0.2) is 29.2 Å². The Labute approximate surface area is 102 Å². The fourth-order valence-electron chi connectivity index (χ4n) is 1.75. The fourth-order valence-corrected chi connectivity index (χ4v) is 2.91. The maximum atomic E-state index is 5.52. The molecule has 1 aliphatic heterocycles. The average molecular weight is 237 g/mol. The van der Waals surface area contributed by atoms with Crippen LogP contribution in [0.4, 0.5) is 0 Å². The Hall–Kier alpha value is -0.510. The minimum atomic E-state index is 0.663. The topological polar surface area (TPSA) is 35.2 Å². The van der Waals surface area contributed by atoms with Gasteiger partial charge in [-0.2, -0.15) is 0 Å². The van der Waals surface area contributed by atoms with E-state index >= 15 is 0 Å². The van der Waals surface area contributed by atoms with Crippen LogP contribution in [-0.4, -0.2) is 25.0 Å². The highest BCUT2D eigenvalue weighted by molar-refractivity contribution is 8.00. The third kappa shape index (κ3) is 3.24. The van der Waals surface area contributed by atoms with E-state index in [-0.39, 0.29) is 0 Å². The molecule has 0 unspecified atom stereocenters. The van der Waals surface area contributed by atoms with Crippen LogP contribution in [0.5, 0.6) is 0 Å². The van der Waals surface area contributed by atoms with Crippen LogP contribution in [0, 0.1) is 0 Å². The van der Waals surface area contributed by atoms with Gasteiger partial charge in [-0.05, 0) is 37.4 Å². The maximum Gasteiger partial charge on any atom is 0.0611 e. The first-order valence-corrected chi connectivity index (χ1v) is 6.80. The van der Waals surface area contributed by atoms with Gasteiger partial charge < -0.3 is 10.5 Å². The largest absolute Gasteiger partial charge is 0.379 e. The lowest BCUT2D eigenvalue weighted by Gasteiger charge is -2.26. The molecule has 0 amide bonds. The van der Waals surface area contributed by atoms with Crippen LogP contribution in [-0.2, 0) is 11.2 Å². The predicted octanol–water partition coefficient (Wildman–Crippen LogP) is 2.46. The molecule has 1 aliphatic rings.